The maximum absolute atomic E-state index is 14.0. The van der Waals surface area contributed by atoms with Crippen LogP contribution < -0.4 is 15.6 Å². The van der Waals surface area contributed by atoms with Crippen molar-refractivity contribution in [3.63, 3.8) is 0 Å². The number of benzene rings is 3. The Kier molecular flexibility index (Phi) is 7.24. The van der Waals surface area contributed by atoms with Gasteiger partial charge in [0.15, 0.2) is 0 Å². The lowest BCUT2D eigenvalue weighted by Crippen LogP contribution is -2.36. The molecule has 5 rings (SSSR count). The summed E-state index contributed by atoms with van der Waals surface area (Å²) in [7, 11) is -1.51. The van der Waals surface area contributed by atoms with E-state index in [-0.39, 0.29) is 39.6 Å². The zero-order chi connectivity index (χ0) is 29.3. The Morgan fingerprint density at radius 2 is 1.80 bits per heavy atom. The smallest absolute Gasteiger partial charge is 0.326 e. The molecular formula is C29H26N6O5S. The second-order valence-electron chi connectivity index (χ2n) is 9.30. The molecule has 12 heteroatoms. The summed E-state index contributed by atoms with van der Waals surface area (Å²) < 4.78 is 35.2. The third-order valence-electron chi connectivity index (χ3n) is 6.72. The molecule has 2 aromatic heterocycles. The number of carbonyl (C=O) groups excluding carboxylic acids is 1. The Hall–Kier alpha value is -5.10. The largest absolute Gasteiger partial charge is 0.468 e. The summed E-state index contributed by atoms with van der Waals surface area (Å²) in [6, 6.07) is 19.8. The Labute approximate surface area is 235 Å². The molecule has 11 nitrogen and oxygen atoms in total. The van der Waals surface area contributed by atoms with Gasteiger partial charge in [0.1, 0.15) is 23.0 Å². The summed E-state index contributed by atoms with van der Waals surface area (Å²) in [5.41, 5.74) is 8.10. The van der Waals surface area contributed by atoms with E-state index in [0.717, 1.165) is 9.87 Å². The molecule has 41 heavy (non-hydrogen) atoms. The maximum atomic E-state index is 14.0. The van der Waals surface area contributed by atoms with Crippen LogP contribution >= 0.6 is 0 Å². The molecule has 0 atom stereocenters. The SMILES string of the molecule is COC(=O)CN(c1ccc2c(c1)nc(Cc1ccc(C(=N)N)cc1)c(=O)n2C)S(=O)(=O)c1cccc2cccnc12. The lowest BCUT2D eigenvalue weighted by atomic mass is 10.1. The Morgan fingerprint density at radius 3 is 2.51 bits per heavy atom. The van der Waals surface area contributed by atoms with E-state index in [2.05, 4.69) is 9.97 Å². The molecule has 0 aliphatic heterocycles. The van der Waals surface area contributed by atoms with Gasteiger partial charge in [-0.3, -0.25) is 24.3 Å². The van der Waals surface area contributed by atoms with Gasteiger partial charge in [0.25, 0.3) is 15.6 Å². The van der Waals surface area contributed by atoms with Gasteiger partial charge >= 0.3 is 5.97 Å². The molecule has 2 heterocycles. The van der Waals surface area contributed by atoms with Crippen molar-refractivity contribution in [2.75, 3.05) is 18.0 Å². The number of sulfonamides is 1. The van der Waals surface area contributed by atoms with Crippen LogP contribution in [-0.2, 0) is 33.0 Å². The van der Waals surface area contributed by atoms with Crippen LogP contribution in [0.5, 0.6) is 0 Å². The summed E-state index contributed by atoms with van der Waals surface area (Å²) in [6.07, 6.45) is 1.71. The van der Waals surface area contributed by atoms with Crippen LogP contribution in [0.3, 0.4) is 0 Å². The van der Waals surface area contributed by atoms with E-state index >= 15 is 0 Å². The van der Waals surface area contributed by atoms with Crippen molar-refractivity contribution in [2.45, 2.75) is 11.3 Å². The predicted octanol–water partition coefficient (Wildman–Crippen LogP) is 2.72. The van der Waals surface area contributed by atoms with Crippen molar-refractivity contribution < 1.29 is 17.9 Å². The number of hydrogen-bond acceptors (Lipinski definition) is 8. The molecule has 0 unspecified atom stereocenters. The molecule has 5 aromatic rings. The van der Waals surface area contributed by atoms with Crippen molar-refractivity contribution in [3.05, 3.63) is 106 Å². The Balaban J connectivity index is 1.62. The zero-order valence-corrected chi connectivity index (χ0v) is 23.1. The summed E-state index contributed by atoms with van der Waals surface area (Å²) in [4.78, 5) is 34.3. The summed E-state index contributed by atoms with van der Waals surface area (Å²) in [6.45, 7) is -0.589. The minimum atomic E-state index is -4.30. The molecule has 0 saturated heterocycles. The van der Waals surface area contributed by atoms with Gasteiger partial charge in [0.05, 0.1) is 29.3 Å². The fourth-order valence-electron chi connectivity index (χ4n) is 4.55. The highest BCUT2D eigenvalue weighted by atomic mass is 32.2. The molecule has 0 aliphatic rings. The minimum absolute atomic E-state index is 0.0606. The number of methoxy groups -OCH3 is 1. The van der Waals surface area contributed by atoms with Gasteiger partial charge < -0.3 is 15.0 Å². The monoisotopic (exact) mass is 570 g/mol. The molecule has 0 spiro atoms. The van der Waals surface area contributed by atoms with Crippen LogP contribution in [0.4, 0.5) is 5.69 Å². The summed E-state index contributed by atoms with van der Waals surface area (Å²) in [5, 5.41) is 8.19. The Morgan fingerprint density at radius 1 is 1.07 bits per heavy atom. The van der Waals surface area contributed by atoms with Crippen molar-refractivity contribution >= 4 is 49.5 Å². The average Bonchev–Trinajstić information content (AvgIpc) is 2.98. The number of para-hydroxylation sites is 1. The van der Waals surface area contributed by atoms with Gasteiger partial charge in [-0.25, -0.2) is 13.4 Å². The average molecular weight is 571 g/mol. The Bertz CT molecular complexity index is 1980. The molecule has 3 aromatic carbocycles. The number of aryl methyl sites for hydroxylation is 1. The highest BCUT2D eigenvalue weighted by molar-refractivity contribution is 7.93. The van der Waals surface area contributed by atoms with Crippen LogP contribution in [0, 0.1) is 5.41 Å². The summed E-state index contributed by atoms with van der Waals surface area (Å²) in [5.74, 6) is -0.820. The topological polar surface area (TPSA) is 161 Å². The number of nitrogens with two attached hydrogens (primary N) is 1. The number of anilines is 1. The maximum Gasteiger partial charge on any atom is 0.326 e. The number of nitrogen functional groups attached to an aromatic ring is 1. The van der Waals surface area contributed by atoms with Gasteiger partial charge in [-0.2, -0.15) is 0 Å². The van der Waals surface area contributed by atoms with Crippen LogP contribution in [0.1, 0.15) is 16.8 Å². The molecule has 3 N–H and O–H groups in total. The van der Waals surface area contributed by atoms with Crippen LogP contribution in [-0.4, -0.2) is 48.4 Å². The molecule has 0 aliphatic carbocycles. The van der Waals surface area contributed by atoms with Gasteiger partial charge in [-0.15, -0.1) is 0 Å². The molecule has 0 fully saturated rings. The van der Waals surface area contributed by atoms with Crippen LogP contribution in [0.25, 0.3) is 21.9 Å². The van der Waals surface area contributed by atoms with Gasteiger partial charge in [-0.1, -0.05) is 42.5 Å². The van der Waals surface area contributed by atoms with Crippen molar-refractivity contribution in [1.29, 1.82) is 5.41 Å². The number of rotatable bonds is 8. The van der Waals surface area contributed by atoms with Gasteiger partial charge in [0.2, 0.25) is 0 Å². The number of fused-ring (bicyclic) bond motifs is 2. The first-order chi connectivity index (χ1) is 19.6. The first-order valence-corrected chi connectivity index (χ1v) is 13.9. The van der Waals surface area contributed by atoms with E-state index in [1.165, 1.54) is 36.1 Å². The third-order valence-corrected chi connectivity index (χ3v) is 8.52. The molecule has 0 bridgehead atoms. The van der Waals surface area contributed by atoms with Crippen LogP contribution in [0.15, 0.2) is 88.7 Å². The highest BCUT2D eigenvalue weighted by Gasteiger charge is 2.30. The van der Waals surface area contributed by atoms with Crippen LogP contribution in [0.2, 0.25) is 0 Å². The molecule has 0 radical (unpaired) electrons. The number of ether oxygens (including phenoxy) is 1. The molecule has 208 valence electrons. The zero-order valence-electron chi connectivity index (χ0n) is 22.2. The molecular weight excluding hydrogens is 544 g/mol. The lowest BCUT2D eigenvalue weighted by molar-refractivity contribution is -0.138. The van der Waals surface area contributed by atoms with E-state index in [9.17, 15) is 18.0 Å². The first kappa shape index (κ1) is 27.5. The van der Waals surface area contributed by atoms with E-state index in [0.29, 0.717) is 22.0 Å². The minimum Gasteiger partial charge on any atom is -0.468 e. The number of aromatic nitrogens is 3. The third kappa shape index (κ3) is 5.24. The van der Waals surface area contributed by atoms with Crippen molar-refractivity contribution in [3.8, 4) is 0 Å². The number of carbonyl (C=O) groups is 1. The second kappa shape index (κ2) is 10.8. The highest BCUT2D eigenvalue weighted by Crippen LogP contribution is 2.30. The van der Waals surface area contributed by atoms with E-state index in [1.54, 1.807) is 61.6 Å². The number of nitrogens with zero attached hydrogens (tertiary/aromatic N) is 4. The predicted molar refractivity (Wildman–Crippen MR) is 156 cm³/mol. The van der Waals surface area contributed by atoms with Gasteiger partial charge in [-0.05, 0) is 35.9 Å². The van der Waals surface area contributed by atoms with E-state index < -0.39 is 22.5 Å². The standard InChI is InChI=1S/C29H26N6O5S/c1-34-24-13-12-21(16-22(24)33-23(29(34)37)15-18-8-10-20(11-9-18)28(30)31)35(17-26(36)40-2)41(38,39)25-7-3-5-19-6-4-14-32-27(19)25/h3-14,16H,15,17H2,1-2H3,(H3,30,31). The van der Waals surface area contributed by atoms with Crippen molar-refractivity contribution in [1.82, 2.24) is 14.5 Å². The molecule has 0 saturated carbocycles. The fraction of sp³-hybridized carbons (Fsp3) is 0.138. The number of pyridine rings is 1. The number of esters is 1. The fourth-order valence-corrected chi connectivity index (χ4v) is 6.12. The number of nitrogens with one attached hydrogen (secondary N) is 1. The van der Waals surface area contributed by atoms with E-state index in [1.807, 2.05) is 0 Å². The van der Waals surface area contributed by atoms with E-state index in [4.69, 9.17) is 15.9 Å². The number of hydrogen-bond donors (Lipinski definition) is 2. The normalized spacial score (nSPS) is 11.5. The van der Waals surface area contributed by atoms with Crippen molar-refractivity contribution in [2.24, 2.45) is 12.8 Å². The lowest BCUT2D eigenvalue weighted by Gasteiger charge is -2.24. The second-order valence-corrected chi connectivity index (χ2v) is 11.1. The quantitative estimate of drug-likeness (QED) is 0.164. The summed E-state index contributed by atoms with van der Waals surface area (Å²) >= 11 is 0. The number of amidine groups is 1. The first-order valence-electron chi connectivity index (χ1n) is 12.5. The van der Waals surface area contributed by atoms with Gasteiger partial charge in [0, 0.05) is 30.6 Å². The molecule has 0 amide bonds.